The summed E-state index contributed by atoms with van der Waals surface area (Å²) in [6, 6.07) is 2.34. The van der Waals surface area contributed by atoms with Crippen molar-refractivity contribution in [2.24, 2.45) is 9.98 Å². The monoisotopic (exact) mass is 591 g/mol. The lowest BCUT2D eigenvalue weighted by Gasteiger charge is -2.26. The van der Waals surface area contributed by atoms with E-state index in [1.165, 1.54) is 10.6 Å². The van der Waals surface area contributed by atoms with Crippen molar-refractivity contribution in [2.45, 2.75) is 58.0 Å². The molecule has 1 aliphatic rings. The lowest BCUT2D eigenvalue weighted by Crippen LogP contribution is -2.49. The fourth-order valence-corrected chi connectivity index (χ4v) is 5.16. The summed E-state index contributed by atoms with van der Waals surface area (Å²) >= 11 is 0. The highest BCUT2D eigenvalue weighted by Gasteiger charge is 2.30. The van der Waals surface area contributed by atoms with Crippen LogP contribution in [0, 0.1) is 12.7 Å². The second-order valence-corrected chi connectivity index (χ2v) is 11.4. The largest absolute Gasteiger partial charge is 0.390 e. The Morgan fingerprint density at radius 2 is 2.00 bits per heavy atom. The number of rotatable bonds is 8. The molecule has 2 aromatic rings. The maximum absolute atomic E-state index is 14.8. The number of benzene rings is 1. The van der Waals surface area contributed by atoms with Gasteiger partial charge in [0.15, 0.2) is 5.82 Å². The van der Waals surface area contributed by atoms with Gasteiger partial charge < -0.3 is 10.6 Å². The molecule has 0 aliphatic carbocycles. The summed E-state index contributed by atoms with van der Waals surface area (Å²) in [6.07, 6.45) is -7.11. The summed E-state index contributed by atoms with van der Waals surface area (Å²) in [7, 11) is -4.49. The number of aromatic nitrogens is 2. The molecule has 1 fully saturated rings. The first-order valence-electron chi connectivity index (χ1n) is 12.3. The molecule has 1 aliphatic heterocycles. The van der Waals surface area contributed by atoms with Crippen LogP contribution in [-0.2, 0) is 10.0 Å². The van der Waals surface area contributed by atoms with Gasteiger partial charge in [0.25, 0.3) is 5.56 Å². The van der Waals surface area contributed by atoms with E-state index in [0.29, 0.717) is 6.54 Å². The van der Waals surface area contributed by atoms with Crippen LogP contribution in [0.2, 0.25) is 0 Å². The van der Waals surface area contributed by atoms with Crippen LogP contribution in [0.15, 0.2) is 33.0 Å². The summed E-state index contributed by atoms with van der Waals surface area (Å²) in [5.41, 5.74) is -1.09. The molecule has 3 rings (SSSR count). The molecular formula is C24H30F5N7O3S. The third-order valence-corrected chi connectivity index (χ3v) is 7.20. The second-order valence-electron chi connectivity index (χ2n) is 9.55. The summed E-state index contributed by atoms with van der Waals surface area (Å²) in [5.74, 6) is -2.18. The Kier molecular flexibility index (Phi) is 9.66. The minimum absolute atomic E-state index is 0.0104. The number of nitrogens with zero attached hydrogens (tertiary/aromatic N) is 4. The zero-order valence-electron chi connectivity index (χ0n) is 22.0. The predicted octanol–water partition coefficient (Wildman–Crippen LogP) is 3.61. The Bertz CT molecular complexity index is 1440. The Labute approximate surface area is 227 Å². The second kappa shape index (κ2) is 12.4. The molecule has 1 saturated heterocycles. The van der Waals surface area contributed by atoms with E-state index in [-0.39, 0.29) is 47.7 Å². The molecule has 0 spiro atoms. The number of aliphatic imine (C=N–C) groups is 2. The molecule has 1 aromatic carbocycles. The number of sulfonamides is 1. The van der Waals surface area contributed by atoms with Crippen LogP contribution in [0.4, 0.5) is 33.5 Å². The van der Waals surface area contributed by atoms with Crippen molar-refractivity contribution >= 4 is 34.2 Å². The Morgan fingerprint density at radius 3 is 2.58 bits per heavy atom. The van der Waals surface area contributed by atoms with Crippen LogP contribution in [0.3, 0.4) is 0 Å². The van der Waals surface area contributed by atoms with Crippen LogP contribution in [0.5, 0.6) is 0 Å². The molecule has 220 valence electrons. The van der Waals surface area contributed by atoms with E-state index in [1.54, 1.807) is 25.5 Å². The first-order valence-corrected chi connectivity index (χ1v) is 13.9. The SMILES string of the molecule is C=N/C(=N\c1c(C)nc(-c2ccc(NS(=O)(=O)CCC(F)(F)F)c(F)c2)c(=O)n1C(C)C)N[C@@H]1CNC[C@@H](F)C1. The minimum Gasteiger partial charge on any atom is -0.350 e. The van der Waals surface area contributed by atoms with Gasteiger partial charge in [0.05, 0.1) is 23.6 Å². The first kappa shape index (κ1) is 31.1. The average molecular weight is 592 g/mol. The first-order chi connectivity index (χ1) is 18.6. The average Bonchev–Trinajstić information content (AvgIpc) is 2.85. The number of hydrogen-bond donors (Lipinski definition) is 3. The topological polar surface area (TPSA) is 130 Å². The van der Waals surface area contributed by atoms with Gasteiger partial charge in [-0.3, -0.25) is 14.1 Å². The fraction of sp³-hybridized carbons (Fsp3) is 0.500. The van der Waals surface area contributed by atoms with Gasteiger partial charge in [-0.1, -0.05) is 6.07 Å². The van der Waals surface area contributed by atoms with Crippen LogP contribution < -0.4 is 20.9 Å². The van der Waals surface area contributed by atoms with Crippen molar-refractivity contribution in [3.63, 3.8) is 0 Å². The van der Waals surface area contributed by atoms with E-state index in [2.05, 4.69) is 32.3 Å². The highest BCUT2D eigenvalue weighted by atomic mass is 32.2. The summed E-state index contributed by atoms with van der Waals surface area (Å²) in [4.78, 5) is 26.0. The molecule has 0 radical (unpaired) electrons. The summed E-state index contributed by atoms with van der Waals surface area (Å²) in [5, 5.41) is 5.95. The van der Waals surface area contributed by atoms with Crippen molar-refractivity contribution in [1.82, 2.24) is 20.2 Å². The highest BCUT2D eigenvalue weighted by molar-refractivity contribution is 7.92. The number of anilines is 1. The molecule has 0 unspecified atom stereocenters. The van der Waals surface area contributed by atoms with Gasteiger partial charge in [-0.15, -0.1) is 0 Å². The van der Waals surface area contributed by atoms with Crippen molar-refractivity contribution in [1.29, 1.82) is 0 Å². The molecule has 16 heteroatoms. The van der Waals surface area contributed by atoms with Gasteiger partial charge in [-0.2, -0.15) is 18.2 Å². The number of halogens is 5. The van der Waals surface area contributed by atoms with Gasteiger partial charge >= 0.3 is 6.18 Å². The third-order valence-electron chi connectivity index (χ3n) is 5.92. The van der Waals surface area contributed by atoms with E-state index in [1.807, 2.05) is 0 Å². The molecule has 2 heterocycles. The zero-order chi connectivity index (χ0) is 29.8. The molecule has 10 nitrogen and oxygen atoms in total. The third kappa shape index (κ3) is 8.06. The molecule has 2 atom stereocenters. The van der Waals surface area contributed by atoms with Crippen molar-refractivity contribution < 1.29 is 30.4 Å². The molecule has 0 bridgehead atoms. The number of hydrogen-bond acceptors (Lipinski definition) is 6. The number of piperidine rings is 1. The van der Waals surface area contributed by atoms with Crippen LogP contribution in [0.1, 0.15) is 38.4 Å². The maximum atomic E-state index is 14.8. The molecule has 1 aromatic heterocycles. The van der Waals surface area contributed by atoms with Crippen LogP contribution >= 0.6 is 0 Å². The van der Waals surface area contributed by atoms with Gasteiger partial charge in [-0.05, 0) is 39.6 Å². The summed E-state index contributed by atoms with van der Waals surface area (Å²) < 4.78 is 92.8. The molecule has 40 heavy (non-hydrogen) atoms. The van der Waals surface area contributed by atoms with Crippen LogP contribution in [0.25, 0.3) is 11.3 Å². The van der Waals surface area contributed by atoms with E-state index in [4.69, 9.17) is 0 Å². The maximum Gasteiger partial charge on any atom is 0.390 e. The van der Waals surface area contributed by atoms with E-state index in [0.717, 1.165) is 12.1 Å². The Morgan fingerprint density at radius 1 is 1.30 bits per heavy atom. The summed E-state index contributed by atoms with van der Waals surface area (Å²) in [6.45, 7) is 9.22. The van der Waals surface area contributed by atoms with Gasteiger partial charge in [0.1, 0.15) is 17.7 Å². The standard InChI is InChI=1S/C24H30F5N7O3S/c1-13(2)36-21(34-23(30-4)33-17-10-16(25)11-31-12-17)14(3)32-20(22(36)37)15-5-6-19(18(26)9-15)35-40(38,39)8-7-24(27,28)29/h5-6,9,13,16-17,31,35H,4,7-8,10-12H2,1-3H3,(H,33,34)/t16-,17-/m0/s1. The lowest BCUT2D eigenvalue weighted by atomic mass is 10.1. The van der Waals surface area contributed by atoms with Gasteiger partial charge in [-0.25, -0.2) is 27.2 Å². The minimum atomic E-state index is -4.70. The van der Waals surface area contributed by atoms with Crippen LogP contribution in [-0.4, -0.2) is 67.9 Å². The number of alkyl halides is 4. The fourth-order valence-electron chi connectivity index (χ4n) is 4.06. The number of nitrogens with one attached hydrogen (secondary N) is 3. The number of guanidine groups is 1. The van der Waals surface area contributed by atoms with E-state index < -0.39 is 57.7 Å². The van der Waals surface area contributed by atoms with Gasteiger partial charge in [0.2, 0.25) is 16.0 Å². The zero-order valence-corrected chi connectivity index (χ0v) is 22.8. The highest BCUT2D eigenvalue weighted by Crippen LogP contribution is 2.27. The Hall–Kier alpha value is -3.40. The normalized spacial score (nSPS) is 18.6. The smallest absolute Gasteiger partial charge is 0.350 e. The van der Waals surface area contributed by atoms with E-state index in [9.17, 15) is 35.2 Å². The Balaban J connectivity index is 1.95. The molecule has 0 amide bonds. The lowest BCUT2D eigenvalue weighted by molar-refractivity contribution is -0.129. The molecular weight excluding hydrogens is 561 g/mol. The number of aryl methyl sites for hydroxylation is 1. The predicted molar refractivity (Wildman–Crippen MR) is 143 cm³/mol. The van der Waals surface area contributed by atoms with E-state index >= 15 is 0 Å². The van der Waals surface area contributed by atoms with Crippen molar-refractivity contribution in [3.8, 4) is 11.3 Å². The van der Waals surface area contributed by atoms with Crippen molar-refractivity contribution in [2.75, 3.05) is 23.6 Å². The molecule has 0 saturated carbocycles. The molecule has 3 N–H and O–H groups in total. The van der Waals surface area contributed by atoms with Crippen molar-refractivity contribution in [3.05, 3.63) is 40.1 Å². The quantitative estimate of drug-likeness (QED) is 0.244. The van der Waals surface area contributed by atoms with Gasteiger partial charge in [0, 0.05) is 37.2 Å².